The number of hydrogen-bond donors (Lipinski definition) is 2. The van der Waals surface area contributed by atoms with Crippen LogP contribution in [0, 0.1) is 5.92 Å². The molecule has 0 atom stereocenters. The summed E-state index contributed by atoms with van der Waals surface area (Å²) in [5.41, 5.74) is 1.28. The Balaban J connectivity index is 1.68. The summed E-state index contributed by atoms with van der Waals surface area (Å²) in [6.45, 7) is 3.25. The minimum atomic E-state index is -0.0124. The Kier molecular flexibility index (Phi) is 4.81. The minimum absolute atomic E-state index is 0.0124. The first kappa shape index (κ1) is 13.1. The van der Waals surface area contributed by atoms with Crippen LogP contribution in [0.2, 0.25) is 0 Å². The zero-order valence-electron chi connectivity index (χ0n) is 10.9. The number of nitrogens with one attached hydrogen (secondary N) is 2. The van der Waals surface area contributed by atoms with E-state index in [-0.39, 0.29) is 11.9 Å². The quantitative estimate of drug-likeness (QED) is 0.788. The van der Waals surface area contributed by atoms with Crippen molar-refractivity contribution in [2.45, 2.75) is 45.2 Å². The monoisotopic (exact) mass is 250 g/mol. The van der Waals surface area contributed by atoms with Crippen molar-refractivity contribution in [1.82, 2.24) is 10.3 Å². The van der Waals surface area contributed by atoms with Gasteiger partial charge < -0.3 is 15.0 Å². The molecule has 0 unspecified atom stereocenters. The zero-order chi connectivity index (χ0) is 12.8. The summed E-state index contributed by atoms with van der Waals surface area (Å²) in [5, 5.41) is 3.54. The third-order valence-corrected chi connectivity index (χ3v) is 3.60. The van der Waals surface area contributed by atoms with Crippen molar-refractivity contribution in [2.75, 3.05) is 6.61 Å². The van der Waals surface area contributed by atoms with Gasteiger partial charge in [0.05, 0.1) is 12.5 Å². The van der Waals surface area contributed by atoms with Crippen LogP contribution in [-0.4, -0.2) is 23.6 Å². The van der Waals surface area contributed by atoms with E-state index >= 15 is 0 Å². The van der Waals surface area contributed by atoms with E-state index in [1.807, 2.05) is 19.3 Å². The predicted molar refractivity (Wildman–Crippen MR) is 70.0 cm³/mol. The molecular formula is C14H22N2O2. The summed E-state index contributed by atoms with van der Waals surface area (Å²) in [6, 6.07) is 2.61. The number of H-pyrrole nitrogens is 1. The van der Waals surface area contributed by atoms with Crippen LogP contribution in [0.4, 0.5) is 0 Å². The van der Waals surface area contributed by atoms with Gasteiger partial charge in [-0.05, 0) is 44.2 Å². The van der Waals surface area contributed by atoms with Crippen molar-refractivity contribution in [1.29, 1.82) is 0 Å². The Morgan fingerprint density at radius 2 is 2.22 bits per heavy atom. The number of aromatic nitrogens is 1. The summed E-state index contributed by atoms with van der Waals surface area (Å²) in [5.74, 6) is 0.108. The van der Waals surface area contributed by atoms with Crippen LogP contribution >= 0.6 is 0 Å². The Hall–Kier alpha value is -1.29. The van der Waals surface area contributed by atoms with E-state index in [1.54, 1.807) is 0 Å². The second-order valence-corrected chi connectivity index (χ2v) is 4.90. The second kappa shape index (κ2) is 6.59. The Bertz CT molecular complexity index is 354. The molecule has 1 aromatic rings. The van der Waals surface area contributed by atoms with Gasteiger partial charge in [0.1, 0.15) is 0 Å². The van der Waals surface area contributed by atoms with Gasteiger partial charge in [0.15, 0.2) is 0 Å². The van der Waals surface area contributed by atoms with Gasteiger partial charge in [-0.15, -0.1) is 0 Å². The highest BCUT2D eigenvalue weighted by Gasteiger charge is 2.26. The molecule has 0 radical (unpaired) electrons. The predicted octanol–water partition coefficient (Wildman–Crippen LogP) is 2.23. The molecule has 0 aromatic carbocycles. The molecule has 2 N–H and O–H groups in total. The molecule has 1 aliphatic carbocycles. The molecule has 1 fully saturated rings. The van der Waals surface area contributed by atoms with Crippen molar-refractivity contribution < 1.29 is 9.53 Å². The molecule has 1 aromatic heterocycles. The number of hydrogen-bond acceptors (Lipinski definition) is 3. The van der Waals surface area contributed by atoms with E-state index in [1.165, 1.54) is 5.56 Å². The average Bonchev–Trinajstić information content (AvgIpc) is 2.90. The Labute approximate surface area is 108 Å². The van der Waals surface area contributed by atoms with Crippen LogP contribution in [0.25, 0.3) is 0 Å². The van der Waals surface area contributed by atoms with Crippen LogP contribution < -0.4 is 5.32 Å². The van der Waals surface area contributed by atoms with E-state index in [4.69, 9.17) is 4.74 Å². The van der Waals surface area contributed by atoms with Crippen LogP contribution in [0.15, 0.2) is 18.5 Å². The lowest BCUT2D eigenvalue weighted by Crippen LogP contribution is -2.35. The van der Waals surface area contributed by atoms with E-state index in [0.717, 1.165) is 32.2 Å². The summed E-state index contributed by atoms with van der Waals surface area (Å²) < 4.78 is 5.07. The Morgan fingerprint density at radius 1 is 1.44 bits per heavy atom. The highest BCUT2D eigenvalue weighted by Crippen LogP contribution is 2.25. The fourth-order valence-corrected chi connectivity index (χ4v) is 2.52. The minimum Gasteiger partial charge on any atom is -0.466 e. The maximum Gasteiger partial charge on any atom is 0.308 e. The van der Waals surface area contributed by atoms with Crippen molar-refractivity contribution in [3.05, 3.63) is 24.0 Å². The number of carbonyl (C=O) groups is 1. The number of aromatic amines is 1. The van der Waals surface area contributed by atoms with Crippen LogP contribution in [0.5, 0.6) is 0 Å². The van der Waals surface area contributed by atoms with Gasteiger partial charge >= 0.3 is 5.97 Å². The molecule has 4 heteroatoms. The van der Waals surface area contributed by atoms with Crippen molar-refractivity contribution in [3.8, 4) is 0 Å². The lowest BCUT2D eigenvalue weighted by atomic mass is 9.86. The summed E-state index contributed by atoms with van der Waals surface area (Å²) >= 11 is 0. The first-order valence-electron chi connectivity index (χ1n) is 6.81. The number of esters is 1. The molecule has 100 valence electrons. The molecule has 0 amide bonds. The molecule has 1 aliphatic rings. The highest BCUT2D eigenvalue weighted by molar-refractivity contribution is 5.72. The standard InChI is InChI=1S/C14H22N2O2/c1-2-18-14(17)12-3-5-13(6-4-12)16-10-11-7-8-15-9-11/h7-9,12-13,15-16H,2-6,10H2,1H3. The zero-order valence-corrected chi connectivity index (χ0v) is 10.9. The molecule has 0 bridgehead atoms. The molecule has 18 heavy (non-hydrogen) atoms. The van der Waals surface area contributed by atoms with Gasteiger partial charge in [-0.3, -0.25) is 4.79 Å². The molecule has 0 aliphatic heterocycles. The van der Waals surface area contributed by atoms with E-state index < -0.39 is 0 Å². The Morgan fingerprint density at radius 3 is 2.83 bits per heavy atom. The van der Waals surface area contributed by atoms with E-state index in [9.17, 15) is 4.79 Å². The van der Waals surface area contributed by atoms with Gasteiger partial charge in [-0.1, -0.05) is 0 Å². The van der Waals surface area contributed by atoms with Gasteiger partial charge in [-0.25, -0.2) is 0 Å². The van der Waals surface area contributed by atoms with Gasteiger partial charge in [0.25, 0.3) is 0 Å². The number of rotatable bonds is 5. The lowest BCUT2D eigenvalue weighted by Gasteiger charge is -2.27. The number of carbonyl (C=O) groups excluding carboxylic acids is 1. The molecule has 1 saturated carbocycles. The van der Waals surface area contributed by atoms with Gasteiger partial charge in [0.2, 0.25) is 0 Å². The summed E-state index contributed by atoms with van der Waals surface area (Å²) in [6.07, 6.45) is 7.97. The molecule has 0 spiro atoms. The number of ether oxygens (including phenoxy) is 1. The maximum atomic E-state index is 11.6. The van der Waals surface area contributed by atoms with Crippen molar-refractivity contribution in [3.63, 3.8) is 0 Å². The summed E-state index contributed by atoms with van der Waals surface area (Å²) in [4.78, 5) is 14.7. The first-order chi connectivity index (χ1) is 8.79. The smallest absolute Gasteiger partial charge is 0.308 e. The normalized spacial score (nSPS) is 23.8. The fraction of sp³-hybridized carbons (Fsp3) is 0.643. The topological polar surface area (TPSA) is 54.1 Å². The van der Waals surface area contributed by atoms with Crippen LogP contribution in [0.1, 0.15) is 38.2 Å². The molecule has 1 heterocycles. The van der Waals surface area contributed by atoms with E-state index in [2.05, 4.69) is 16.4 Å². The molecule has 2 rings (SSSR count). The van der Waals surface area contributed by atoms with Gasteiger partial charge in [0, 0.05) is 25.0 Å². The van der Waals surface area contributed by atoms with Crippen molar-refractivity contribution >= 4 is 5.97 Å². The largest absolute Gasteiger partial charge is 0.466 e. The third-order valence-electron chi connectivity index (χ3n) is 3.60. The maximum absolute atomic E-state index is 11.6. The highest BCUT2D eigenvalue weighted by atomic mass is 16.5. The van der Waals surface area contributed by atoms with Crippen LogP contribution in [0.3, 0.4) is 0 Å². The molecule has 0 saturated heterocycles. The first-order valence-corrected chi connectivity index (χ1v) is 6.81. The fourth-order valence-electron chi connectivity index (χ4n) is 2.52. The third kappa shape index (κ3) is 3.60. The summed E-state index contributed by atoms with van der Waals surface area (Å²) in [7, 11) is 0. The second-order valence-electron chi connectivity index (χ2n) is 4.90. The SMILES string of the molecule is CCOC(=O)C1CCC(NCc2cc[nH]c2)CC1. The average molecular weight is 250 g/mol. The lowest BCUT2D eigenvalue weighted by molar-refractivity contribution is -0.149. The molecular weight excluding hydrogens is 228 g/mol. The van der Waals surface area contributed by atoms with Gasteiger partial charge in [-0.2, -0.15) is 0 Å². The van der Waals surface area contributed by atoms with Crippen molar-refractivity contribution in [2.24, 2.45) is 5.92 Å². The van der Waals surface area contributed by atoms with E-state index in [0.29, 0.717) is 12.6 Å². The molecule has 4 nitrogen and oxygen atoms in total. The van der Waals surface area contributed by atoms with Crippen LogP contribution in [-0.2, 0) is 16.1 Å².